The van der Waals surface area contributed by atoms with E-state index in [0.717, 1.165) is 37.9 Å². The number of unbranched alkanes of at least 4 members (excludes halogenated alkanes) is 2. The molecular formula is C17H30N2O2S. The van der Waals surface area contributed by atoms with Crippen molar-refractivity contribution in [3.05, 3.63) is 29.8 Å². The minimum atomic E-state index is -3.21. The Bertz CT molecular complexity index is 548. The van der Waals surface area contributed by atoms with Crippen LogP contribution in [-0.4, -0.2) is 26.3 Å². The molecule has 1 aromatic rings. The molecule has 0 heterocycles. The van der Waals surface area contributed by atoms with Crippen molar-refractivity contribution in [3.8, 4) is 0 Å². The van der Waals surface area contributed by atoms with Gasteiger partial charge in [0.05, 0.1) is 4.75 Å². The molecule has 0 bridgehead atoms. The second-order valence-electron chi connectivity index (χ2n) is 6.55. The molecule has 0 saturated carbocycles. The van der Waals surface area contributed by atoms with E-state index in [-0.39, 0.29) is 0 Å². The van der Waals surface area contributed by atoms with Gasteiger partial charge in [0.15, 0.2) is 0 Å². The molecule has 0 atom stereocenters. The predicted molar refractivity (Wildman–Crippen MR) is 94.8 cm³/mol. The summed E-state index contributed by atoms with van der Waals surface area (Å²) in [6.45, 7) is 8.72. The number of benzene rings is 1. The highest BCUT2D eigenvalue weighted by molar-refractivity contribution is 7.90. The number of sulfonamides is 1. The zero-order valence-electron chi connectivity index (χ0n) is 14.3. The van der Waals surface area contributed by atoms with Crippen molar-refractivity contribution >= 4 is 15.7 Å². The highest BCUT2D eigenvalue weighted by Gasteiger charge is 2.27. The fourth-order valence-corrected chi connectivity index (χ4v) is 2.83. The summed E-state index contributed by atoms with van der Waals surface area (Å²) in [4.78, 5) is 0. The molecule has 4 nitrogen and oxygen atoms in total. The molecule has 1 aromatic carbocycles. The fraction of sp³-hybridized carbons (Fsp3) is 0.647. The normalized spacial score (nSPS) is 12.4. The average molecular weight is 327 g/mol. The molecule has 0 amide bonds. The Hall–Kier alpha value is -1.07. The highest BCUT2D eigenvalue weighted by atomic mass is 32.2. The Kier molecular flexibility index (Phi) is 7.36. The van der Waals surface area contributed by atoms with E-state index in [1.807, 2.05) is 0 Å². The Balaban J connectivity index is 2.16. The zero-order chi connectivity index (χ0) is 16.6. The Morgan fingerprint density at radius 2 is 1.73 bits per heavy atom. The van der Waals surface area contributed by atoms with E-state index in [4.69, 9.17) is 0 Å². The Morgan fingerprint density at radius 1 is 1.05 bits per heavy atom. The number of rotatable bonds is 9. The van der Waals surface area contributed by atoms with Gasteiger partial charge in [-0.15, -0.1) is 0 Å². The second kappa shape index (κ2) is 8.53. The van der Waals surface area contributed by atoms with Crippen LogP contribution in [0.15, 0.2) is 24.3 Å². The standard InChI is InChI=1S/C17H30N2O2S/c1-5-15-10-9-11-16(14-15)18-12-7-6-8-13-19-22(20,21)17(2,3)4/h9-11,14,18-19H,5-8,12-13H2,1-4H3. The Labute approximate surface area is 135 Å². The van der Waals surface area contributed by atoms with Crippen LogP contribution in [0.4, 0.5) is 5.69 Å². The SMILES string of the molecule is CCc1cccc(NCCCCCNS(=O)(=O)C(C)(C)C)c1. The van der Waals surface area contributed by atoms with Gasteiger partial charge in [-0.05, 0) is 57.7 Å². The minimum absolute atomic E-state index is 0.519. The minimum Gasteiger partial charge on any atom is -0.385 e. The number of aryl methyl sites for hydroxylation is 1. The number of hydrogen-bond acceptors (Lipinski definition) is 3. The molecule has 2 N–H and O–H groups in total. The topological polar surface area (TPSA) is 58.2 Å². The van der Waals surface area contributed by atoms with Gasteiger partial charge < -0.3 is 5.32 Å². The molecule has 0 unspecified atom stereocenters. The summed E-state index contributed by atoms with van der Waals surface area (Å²) in [5.41, 5.74) is 2.49. The molecule has 0 aliphatic rings. The van der Waals surface area contributed by atoms with Crippen molar-refractivity contribution < 1.29 is 8.42 Å². The van der Waals surface area contributed by atoms with Crippen LogP contribution in [0.3, 0.4) is 0 Å². The maximum Gasteiger partial charge on any atom is 0.216 e. The molecule has 0 saturated heterocycles. The van der Waals surface area contributed by atoms with Crippen LogP contribution in [0.2, 0.25) is 0 Å². The number of nitrogens with one attached hydrogen (secondary N) is 2. The van der Waals surface area contributed by atoms with E-state index in [1.165, 1.54) is 5.56 Å². The van der Waals surface area contributed by atoms with Gasteiger partial charge in [0.2, 0.25) is 10.0 Å². The van der Waals surface area contributed by atoms with Crippen LogP contribution in [0, 0.1) is 0 Å². The summed E-state index contributed by atoms with van der Waals surface area (Å²) in [5.74, 6) is 0. The van der Waals surface area contributed by atoms with E-state index in [9.17, 15) is 8.42 Å². The van der Waals surface area contributed by atoms with E-state index in [0.29, 0.717) is 6.54 Å². The second-order valence-corrected chi connectivity index (χ2v) is 9.07. The first-order chi connectivity index (χ1) is 10.3. The zero-order valence-corrected chi connectivity index (χ0v) is 15.1. The van der Waals surface area contributed by atoms with E-state index < -0.39 is 14.8 Å². The molecule has 126 valence electrons. The summed E-state index contributed by atoms with van der Waals surface area (Å²) < 4.78 is 25.7. The lowest BCUT2D eigenvalue weighted by atomic mass is 10.1. The first-order valence-corrected chi connectivity index (χ1v) is 9.56. The van der Waals surface area contributed by atoms with Crippen molar-refractivity contribution in [2.24, 2.45) is 0 Å². The predicted octanol–water partition coefficient (Wildman–Crippen LogP) is 3.55. The van der Waals surface area contributed by atoms with Gasteiger partial charge in [0.25, 0.3) is 0 Å². The van der Waals surface area contributed by atoms with Crippen LogP contribution in [-0.2, 0) is 16.4 Å². The summed E-state index contributed by atoms with van der Waals surface area (Å²) >= 11 is 0. The summed E-state index contributed by atoms with van der Waals surface area (Å²) in [7, 11) is -3.21. The summed E-state index contributed by atoms with van der Waals surface area (Å²) in [5, 5.41) is 3.41. The monoisotopic (exact) mass is 326 g/mol. The highest BCUT2D eigenvalue weighted by Crippen LogP contribution is 2.13. The average Bonchev–Trinajstić information content (AvgIpc) is 2.45. The molecule has 0 aromatic heterocycles. The van der Waals surface area contributed by atoms with Crippen molar-refractivity contribution in [3.63, 3.8) is 0 Å². The summed E-state index contributed by atoms with van der Waals surface area (Å²) in [6.07, 6.45) is 3.95. The Morgan fingerprint density at radius 3 is 2.36 bits per heavy atom. The van der Waals surface area contributed by atoms with Gasteiger partial charge in [-0.3, -0.25) is 0 Å². The first kappa shape index (κ1) is 19.0. The lowest BCUT2D eigenvalue weighted by Gasteiger charge is -2.19. The maximum absolute atomic E-state index is 11.9. The molecule has 0 fully saturated rings. The van der Waals surface area contributed by atoms with Crippen LogP contribution in [0.1, 0.15) is 52.5 Å². The quantitative estimate of drug-likeness (QED) is 0.682. The van der Waals surface area contributed by atoms with Gasteiger partial charge in [0, 0.05) is 18.8 Å². The van der Waals surface area contributed by atoms with Gasteiger partial charge in [-0.25, -0.2) is 13.1 Å². The van der Waals surface area contributed by atoms with E-state index >= 15 is 0 Å². The van der Waals surface area contributed by atoms with Crippen molar-refractivity contribution in [2.45, 2.75) is 58.1 Å². The molecule has 1 rings (SSSR count). The third-order valence-corrected chi connectivity index (χ3v) is 5.81. The van der Waals surface area contributed by atoms with Gasteiger partial charge in [-0.2, -0.15) is 0 Å². The molecule has 22 heavy (non-hydrogen) atoms. The van der Waals surface area contributed by atoms with Crippen LogP contribution in [0.5, 0.6) is 0 Å². The van der Waals surface area contributed by atoms with Crippen molar-refractivity contribution in [1.29, 1.82) is 0 Å². The van der Waals surface area contributed by atoms with Gasteiger partial charge in [-0.1, -0.05) is 25.5 Å². The number of hydrogen-bond donors (Lipinski definition) is 2. The third kappa shape index (κ3) is 6.36. The lowest BCUT2D eigenvalue weighted by molar-refractivity contribution is 0.540. The molecule has 0 spiro atoms. The molecule has 5 heteroatoms. The van der Waals surface area contributed by atoms with Crippen LogP contribution < -0.4 is 10.0 Å². The van der Waals surface area contributed by atoms with Crippen LogP contribution in [0.25, 0.3) is 0 Å². The maximum atomic E-state index is 11.9. The number of anilines is 1. The van der Waals surface area contributed by atoms with Crippen LogP contribution >= 0.6 is 0 Å². The van der Waals surface area contributed by atoms with Gasteiger partial charge >= 0.3 is 0 Å². The smallest absolute Gasteiger partial charge is 0.216 e. The van der Waals surface area contributed by atoms with Crippen molar-refractivity contribution in [2.75, 3.05) is 18.4 Å². The van der Waals surface area contributed by atoms with Gasteiger partial charge in [0.1, 0.15) is 0 Å². The largest absolute Gasteiger partial charge is 0.385 e. The first-order valence-electron chi connectivity index (χ1n) is 8.08. The fourth-order valence-electron chi connectivity index (χ4n) is 1.98. The van der Waals surface area contributed by atoms with E-state index in [2.05, 4.69) is 41.2 Å². The molecule has 0 radical (unpaired) electrons. The molecule has 0 aliphatic carbocycles. The third-order valence-electron chi connectivity index (χ3n) is 3.62. The lowest BCUT2D eigenvalue weighted by Crippen LogP contribution is -2.39. The summed E-state index contributed by atoms with van der Waals surface area (Å²) in [6, 6.07) is 8.46. The van der Waals surface area contributed by atoms with E-state index in [1.54, 1.807) is 20.8 Å². The molecular weight excluding hydrogens is 296 g/mol. The van der Waals surface area contributed by atoms with Crippen molar-refractivity contribution in [1.82, 2.24) is 4.72 Å². The molecule has 0 aliphatic heterocycles.